The zero-order valence-corrected chi connectivity index (χ0v) is 20.6. The number of ether oxygens (including phenoxy) is 2. The first-order valence-corrected chi connectivity index (χ1v) is 10.1. The third-order valence-electron chi connectivity index (χ3n) is 4.81. The molecule has 1 saturated heterocycles. The molecule has 1 aromatic carbocycles. The number of guanidine groups is 1. The summed E-state index contributed by atoms with van der Waals surface area (Å²) in [6.45, 7) is 5.10. The van der Waals surface area contributed by atoms with Crippen LogP contribution in [0, 0.1) is 0 Å². The Kier molecular flexibility index (Phi) is 9.77. The lowest BCUT2D eigenvalue weighted by atomic mass is 10.2. The summed E-state index contributed by atoms with van der Waals surface area (Å²) in [6.07, 6.45) is 2.71. The van der Waals surface area contributed by atoms with Gasteiger partial charge in [0.15, 0.2) is 5.96 Å². The van der Waals surface area contributed by atoms with Gasteiger partial charge in [0.25, 0.3) is 0 Å². The van der Waals surface area contributed by atoms with Crippen molar-refractivity contribution in [3.8, 4) is 11.6 Å². The maximum absolute atomic E-state index is 6.20. The molecule has 30 heavy (non-hydrogen) atoms. The number of nitrogens with zero attached hydrogens (tertiary/aromatic N) is 3. The molecule has 1 aromatic heterocycles. The van der Waals surface area contributed by atoms with Gasteiger partial charge in [-0.25, -0.2) is 9.98 Å². The van der Waals surface area contributed by atoms with Gasteiger partial charge in [-0.1, -0.05) is 17.7 Å². The Labute approximate surface area is 200 Å². The van der Waals surface area contributed by atoms with Crippen LogP contribution in [-0.2, 0) is 6.54 Å². The highest BCUT2D eigenvalue weighted by Crippen LogP contribution is 2.33. The molecule has 164 valence electrons. The molecule has 2 heterocycles. The van der Waals surface area contributed by atoms with Crippen LogP contribution in [0.25, 0.3) is 0 Å². The van der Waals surface area contributed by atoms with E-state index in [0.29, 0.717) is 17.4 Å². The molecule has 0 radical (unpaired) electrons. The quantitative estimate of drug-likeness (QED) is 0.314. The Bertz CT molecular complexity index is 852. The van der Waals surface area contributed by atoms with E-state index in [1.54, 1.807) is 20.4 Å². The third-order valence-corrected chi connectivity index (χ3v) is 5.04. The normalized spacial score (nSPS) is 16.1. The Hall–Kier alpha value is -1.94. The second-order valence-electron chi connectivity index (χ2n) is 6.76. The van der Waals surface area contributed by atoms with Crippen LogP contribution in [0.5, 0.6) is 11.6 Å². The second-order valence-corrected chi connectivity index (χ2v) is 7.20. The number of hydrogen-bond donors (Lipinski definition) is 2. The van der Waals surface area contributed by atoms with Gasteiger partial charge < -0.3 is 25.0 Å². The van der Waals surface area contributed by atoms with Gasteiger partial charge >= 0.3 is 0 Å². The molecule has 2 aromatic rings. The number of halogens is 2. The summed E-state index contributed by atoms with van der Waals surface area (Å²) in [7, 11) is 3.30. The first-order valence-electron chi connectivity index (χ1n) is 9.75. The zero-order chi connectivity index (χ0) is 20.6. The van der Waals surface area contributed by atoms with Crippen LogP contribution in [-0.4, -0.2) is 50.8 Å². The Morgan fingerprint density at radius 1 is 1.30 bits per heavy atom. The zero-order valence-electron chi connectivity index (χ0n) is 17.5. The fourth-order valence-electron chi connectivity index (χ4n) is 3.41. The number of benzene rings is 1. The van der Waals surface area contributed by atoms with E-state index in [-0.39, 0.29) is 30.0 Å². The standard InChI is InChI=1S/C21H28ClN5O2.HI/c1-4-23-21(25-13-15-6-5-10-24-20(15)29-3)26-17-9-11-27(14-17)18-12-16(22)7-8-19(18)28-2;/h5-8,10,12,17H,4,9,11,13-14H2,1-3H3,(H2,23,25,26);1H. The number of nitrogens with one attached hydrogen (secondary N) is 2. The Morgan fingerprint density at radius 3 is 2.87 bits per heavy atom. The molecular formula is C21H29ClIN5O2. The second kappa shape index (κ2) is 12.0. The van der Waals surface area contributed by atoms with E-state index in [9.17, 15) is 0 Å². The van der Waals surface area contributed by atoms with E-state index >= 15 is 0 Å². The highest BCUT2D eigenvalue weighted by molar-refractivity contribution is 14.0. The lowest BCUT2D eigenvalue weighted by molar-refractivity contribution is 0.392. The molecule has 1 atom stereocenters. The van der Waals surface area contributed by atoms with Crippen molar-refractivity contribution >= 4 is 47.2 Å². The van der Waals surface area contributed by atoms with E-state index in [1.807, 2.05) is 30.3 Å². The van der Waals surface area contributed by atoms with Crippen molar-refractivity contribution in [1.29, 1.82) is 0 Å². The molecule has 1 aliphatic heterocycles. The Balaban J connectivity index is 0.00000320. The predicted octanol–water partition coefficient (Wildman–Crippen LogP) is 3.70. The molecule has 1 fully saturated rings. The highest BCUT2D eigenvalue weighted by Gasteiger charge is 2.25. The fourth-order valence-corrected chi connectivity index (χ4v) is 3.58. The van der Waals surface area contributed by atoms with Gasteiger partial charge in [-0.2, -0.15) is 0 Å². The molecule has 0 saturated carbocycles. The largest absolute Gasteiger partial charge is 0.495 e. The van der Waals surface area contributed by atoms with Crippen molar-refractivity contribution < 1.29 is 9.47 Å². The maximum Gasteiger partial charge on any atom is 0.218 e. The predicted molar refractivity (Wildman–Crippen MR) is 133 cm³/mol. The third kappa shape index (κ3) is 6.28. The molecule has 0 amide bonds. The van der Waals surface area contributed by atoms with E-state index in [0.717, 1.165) is 49.0 Å². The number of rotatable bonds is 7. The minimum atomic E-state index is 0. The minimum absolute atomic E-state index is 0. The molecule has 7 nitrogen and oxygen atoms in total. The summed E-state index contributed by atoms with van der Waals surface area (Å²) in [6, 6.07) is 9.84. The first kappa shape index (κ1) is 24.3. The highest BCUT2D eigenvalue weighted by atomic mass is 127. The molecule has 1 aliphatic rings. The van der Waals surface area contributed by atoms with Crippen LogP contribution < -0.4 is 25.0 Å². The van der Waals surface area contributed by atoms with Crippen LogP contribution >= 0.6 is 35.6 Å². The number of aromatic nitrogens is 1. The number of methoxy groups -OCH3 is 2. The van der Waals surface area contributed by atoms with Gasteiger partial charge in [0.1, 0.15) is 5.75 Å². The Morgan fingerprint density at radius 2 is 2.13 bits per heavy atom. The molecule has 0 aliphatic carbocycles. The van der Waals surface area contributed by atoms with Gasteiger partial charge in [-0.05, 0) is 37.6 Å². The van der Waals surface area contributed by atoms with E-state index in [2.05, 4.69) is 27.4 Å². The van der Waals surface area contributed by atoms with Crippen molar-refractivity contribution in [2.45, 2.75) is 25.9 Å². The van der Waals surface area contributed by atoms with E-state index in [1.165, 1.54) is 0 Å². The summed E-state index contributed by atoms with van der Waals surface area (Å²) >= 11 is 6.20. The lowest BCUT2D eigenvalue weighted by Gasteiger charge is -2.22. The molecule has 9 heteroatoms. The number of pyridine rings is 1. The first-order chi connectivity index (χ1) is 14.1. The van der Waals surface area contributed by atoms with Crippen LogP contribution in [0.15, 0.2) is 41.5 Å². The summed E-state index contributed by atoms with van der Waals surface area (Å²) < 4.78 is 10.8. The molecule has 0 bridgehead atoms. The van der Waals surface area contributed by atoms with Crippen molar-refractivity contribution in [3.63, 3.8) is 0 Å². The average molecular weight is 546 g/mol. The fraction of sp³-hybridized carbons (Fsp3) is 0.429. The number of hydrogen-bond acceptors (Lipinski definition) is 5. The van der Waals surface area contributed by atoms with Crippen LogP contribution in [0.4, 0.5) is 5.69 Å². The summed E-state index contributed by atoms with van der Waals surface area (Å²) in [5, 5.41) is 7.56. The van der Waals surface area contributed by atoms with Gasteiger partial charge in [0, 0.05) is 42.5 Å². The smallest absolute Gasteiger partial charge is 0.218 e. The van der Waals surface area contributed by atoms with E-state index < -0.39 is 0 Å². The average Bonchev–Trinajstić information content (AvgIpc) is 3.20. The van der Waals surface area contributed by atoms with Gasteiger partial charge in [-0.3, -0.25) is 0 Å². The maximum atomic E-state index is 6.20. The summed E-state index contributed by atoms with van der Waals surface area (Å²) in [5.41, 5.74) is 1.97. The summed E-state index contributed by atoms with van der Waals surface area (Å²) in [4.78, 5) is 11.2. The van der Waals surface area contributed by atoms with E-state index in [4.69, 9.17) is 26.1 Å². The van der Waals surface area contributed by atoms with Crippen molar-refractivity contribution in [2.24, 2.45) is 4.99 Å². The number of aliphatic imine (C=N–C) groups is 1. The van der Waals surface area contributed by atoms with Crippen LogP contribution in [0.3, 0.4) is 0 Å². The minimum Gasteiger partial charge on any atom is -0.495 e. The van der Waals surface area contributed by atoms with Crippen molar-refractivity contribution in [3.05, 3.63) is 47.1 Å². The molecule has 1 unspecified atom stereocenters. The van der Waals surface area contributed by atoms with Gasteiger partial charge in [0.05, 0.1) is 26.5 Å². The van der Waals surface area contributed by atoms with Gasteiger partial charge in [0.2, 0.25) is 5.88 Å². The topological polar surface area (TPSA) is 71.0 Å². The molecule has 2 N–H and O–H groups in total. The molecule has 0 spiro atoms. The monoisotopic (exact) mass is 545 g/mol. The van der Waals surface area contributed by atoms with Crippen molar-refractivity contribution in [2.75, 3.05) is 38.8 Å². The SMILES string of the molecule is CCNC(=NCc1cccnc1OC)NC1CCN(c2cc(Cl)ccc2OC)C1.I. The summed E-state index contributed by atoms with van der Waals surface area (Å²) in [5.74, 6) is 2.22. The molecule has 3 rings (SSSR count). The van der Waals surface area contributed by atoms with Crippen molar-refractivity contribution in [1.82, 2.24) is 15.6 Å². The molecular weight excluding hydrogens is 517 g/mol. The number of anilines is 1. The van der Waals surface area contributed by atoms with Gasteiger partial charge in [-0.15, -0.1) is 24.0 Å². The van der Waals surface area contributed by atoms with Crippen LogP contribution in [0.1, 0.15) is 18.9 Å². The van der Waals surface area contributed by atoms with Crippen LogP contribution in [0.2, 0.25) is 5.02 Å². The lowest BCUT2D eigenvalue weighted by Crippen LogP contribution is -2.44.